The van der Waals surface area contributed by atoms with Gasteiger partial charge in [0.15, 0.2) is 15.0 Å². The summed E-state index contributed by atoms with van der Waals surface area (Å²) in [5.41, 5.74) is 0. The molecule has 0 radical (unpaired) electrons. The first-order valence-electron chi connectivity index (χ1n) is 6.03. The Morgan fingerprint density at radius 2 is 2.33 bits per heavy atom. The first-order valence-corrected chi connectivity index (χ1v) is 8.67. The third kappa shape index (κ3) is 2.84. The molecule has 0 aromatic carbocycles. The molecular weight excluding hydrogens is 270 g/mol. The van der Waals surface area contributed by atoms with Crippen LogP contribution in [0.25, 0.3) is 0 Å². The molecular formula is C11H19N3O2S2. The lowest BCUT2D eigenvalue weighted by Gasteiger charge is -2.32. The van der Waals surface area contributed by atoms with Crippen LogP contribution in [0, 0.1) is 0 Å². The molecule has 1 aliphatic rings. The third-order valence-electron chi connectivity index (χ3n) is 3.29. The molecule has 1 N–H and O–H groups in total. The van der Waals surface area contributed by atoms with E-state index >= 15 is 0 Å². The standard InChI is InChI=1S/C11H19N3O2S2/c1-8-7-18(15,16)5-4-14(8)11-13-6-10(17-11)9(2)12-3/h6,8-9,12H,4-5,7H2,1-3H3. The molecule has 2 atom stereocenters. The van der Waals surface area contributed by atoms with Crippen molar-refractivity contribution in [1.82, 2.24) is 10.3 Å². The Balaban J connectivity index is 2.15. The van der Waals surface area contributed by atoms with E-state index in [-0.39, 0.29) is 23.6 Å². The van der Waals surface area contributed by atoms with Crippen LogP contribution in [-0.4, -0.2) is 44.5 Å². The van der Waals surface area contributed by atoms with Crippen molar-refractivity contribution >= 4 is 26.3 Å². The average Bonchev–Trinajstić information content (AvgIpc) is 2.76. The summed E-state index contributed by atoms with van der Waals surface area (Å²) in [6.45, 7) is 4.57. The van der Waals surface area contributed by atoms with E-state index in [1.807, 2.05) is 20.2 Å². The molecule has 0 spiro atoms. The minimum Gasteiger partial charge on any atom is -0.343 e. The molecule has 0 aliphatic carbocycles. The Morgan fingerprint density at radius 1 is 1.61 bits per heavy atom. The molecule has 0 bridgehead atoms. The number of thiazole rings is 1. The first kappa shape index (κ1) is 13.8. The quantitative estimate of drug-likeness (QED) is 0.901. The van der Waals surface area contributed by atoms with Crippen LogP contribution in [0.15, 0.2) is 6.20 Å². The molecule has 0 amide bonds. The van der Waals surface area contributed by atoms with E-state index in [1.54, 1.807) is 11.3 Å². The van der Waals surface area contributed by atoms with Crippen molar-refractivity contribution in [3.05, 3.63) is 11.1 Å². The van der Waals surface area contributed by atoms with Gasteiger partial charge in [-0.25, -0.2) is 13.4 Å². The first-order chi connectivity index (χ1) is 8.43. The second kappa shape index (κ2) is 5.14. The largest absolute Gasteiger partial charge is 0.343 e. The molecule has 2 rings (SSSR count). The van der Waals surface area contributed by atoms with E-state index < -0.39 is 9.84 Å². The highest BCUT2D eigenvalue weighted by Crippen LogP contribution is 2.29. The van der Waals surface area contributed by atoms with Crippen LogP contribution < -0.4 is 10.2 Å². The predicted octanol–water partition coefficient (Wildman–Crippen LogP) is 1.05. The van der Waals surface area contributed by atoms with Gasteiger partial charge in [-0.2, -0.15) is 0 Å². The number of nitrogens with one attached hydrogen (secondary N) is 1. The van der Waals surface area contributed by atoms with Crippen LogP contribution >= 0.6 is 11.3 Å². The Bertz CT molecular complexity index is 512. The molecule has 18 heavy (non-hydrogen) atoms. The average molecular weight is 289 g/mol. The zero-order chi connectivity index (χ0) is 13.3. The molecule has 0 saturated carbocycles. The normalized spacial score (nSPS) is 25.1. The fourth-order valence-electron chi connectivity index (χ4n) is 2.03. The SMILES string of the molecule is CNC(C)c1cnc(N2CCS(=O)(=O)CC2C)s1. The van der Waals surface area contributed by atoms with Crippen LogP contribution in [0.4, 0.5) is 5.13 Å². The third-order valence-corrected chi connectivity index (χ3v) is 6.30. The lowest BCUT2D eigenvalue weighted by Crippen LogP contribution is -2.46. The van der Waals surface area contributed by atoms with Crippen molar-refractivity contribution in [2.45, 2.75) is 25.9 Å². The van der Waals surface area contributed by atoms with Gasteiger partial charge in [0.25, 0.3) is 0 Å². The molecule has 1 saturated heterocycles. The van der Waals surface area contributed by atoms with Gasteiger partial charge < -0.3 is 10.2 Å². The van der Waals surface area contributed by atoms with Crippen LogP contribution in [0.3, 0.4) is 0 Å². The zero-order valence-electron chi connectivity index (χ0n) is 10.9. The molecule has 1 fully saturated rings. The summed E-state index contributed by atoms with van der Waals surface area (Å²) in [4.78, 5) is 7.69. The summed E-state index contributed by atoms with van der Waals surface area (Å²) in [5, 5.41) is 4.10. The van der Waals surface area contributed by atoms with Crippen molar-refractivity contribution in [3.63, 3.8) is 0 Å². The number of hydrogen-bond donors (Lipinski definition) is 1. The molecule has 1 aromatic heterocycles. The molecule has 5 nitrogen and oxygen atoms in total. The highest BCUT2D eigenvalue weighted by Gasteiger charge is 2.29. The van der Waals surface area contributed by atoms with Crippen LogP contribution in [0.1, 0.15) is 24.8 Å². The number of rotatable bonds is 3. The number of hydrogen-bond acceptors (Lipinski definition) is 6. The number of aromatic nitrogens is 1. The van der Waals surface area contributed by atoms with Crippen LogP contribution in [0.5, 0.6) is 0 Å². The Labute approximate surface area is 112 Å². The van der Waals surface area contributed by atoms with Gasteiger partial charge in [-0.1, -0.05) is 0 Å². The lowest BCUT2D eigenvalue weighted by molar-refractivity contribution is 0.568. The minimum atomic E-state index is -2.86. The summed E-state index contributed by atoms with van der Waals surface area (Å²) in [5.74, 6) is 0.456. The van der Waals surface area contributed by atoms with E-state index in [0.29, 0.717) is 6.54 Å². The van der Waals surface area contributed by atoms with Crippen molar-refractivity contribution < 1.29 is 8.42 Å². The number of nitrogens with zero attached hydrogens (tertiary/aromatic N) is 2. The van der Waals surface area contributed by atoms with Crippen molar-refractivity contribution in [3.8, 4) is 0 Å². The second-order valence-electron chi connectivity index (χ2n) is 4.71. The summed E-state index contributed by atoms with van der Waals surface area (Å²) in [6.07, 6.45) is 1.87. The van der Waals surface area contributed by atoms with Crippen LogP contribution in [0.2, 0.25) is 0 Å². The second-order valence-corrected chi connectivity index (χ2v) is 7.98. The predicted molar refractivity (Wildman–Crippen MR) is 75.1 cm³/mol. The summed E-state index contributed by atoms with van der Waals surface area (Å²) < 4.78 is 23.1. The van der Waals surface area contributed by atoms with Crippen LogP contribution in [-0.2, 0) is 9.84 Å². The van der Waals surface area contributed by atoms with Crippen molar-refractivity contribution in [2.24, 2.45) is 0 Å². The summed E-state index contributed by atoms with van der Waals surface area (Å²) >= 11 is 1.63. The van der Waals surface area contributed by atoms with E-state index in [4.69, 9.17) is 0 Å². The number of anilines is 1. The fourth-order valence-corrected chi connectivity index (χ4v) is 4.70. The van der Waals surface area contributed by atoms with E-state index in [0.717, 1.165) is 5.13 Å². The molecule has 2 heterocycles. The van der Waals surface area contributed by atoms with Gasteiger partial charge >= 0.3 is 0 Å². The van der Waals surface area contributed by atoms with Gasteiger partial charge in [0.2, 0.25) is 0 Å². The molecule has 1 aliphatic heterocycles. The molecule has 7 heteroatoms. The van der Waals surface area contributed by atoms with Gasteiger partial charge in [-0.05, 0) is 20.9 Å². The van der Waals surface area contributed by atoms with E-state index in [9.17, 15) is 8.42 Å². The fraction of sp³-hybridized carbons (Fsp3) is 0.727. The lowest BCUT2D eigenvalue weighted by atomic mass is 10.3. The van der Waals surface area contributed by atoms with Crippen molar-refractivity contribution in [2.75, 3.05) is 30.0 Å². The zero-order valence-corrected chi connectivity index (χ0v) is 12.5. The highest BCUT2D eigenvalue weighted by molar-refractivity contribution is 7.91. The number of sulfone groups is 1. The highest BCUT2D eigenvalue weighted by atomic mass is 32.2. The van der Waals surface area contributed by atoms with Crippen molar-refractivity contribution in [1.29, 1.82) is 0 Å². The summed E-state index contributed by atoms with van der Waals surface area (Å²) in [6, 6.07) is 0.285. The summed E-state index contributed by atoms with van der Waals surface area (Å²) in [7, 11) is -0.947. The Hall–Kier alpha value is -0.660. The maximum Gasteiger partial charge on any atom is 0.185 e. The molecule has 1 aromatic rings. The molecule has 2 unspecified atom stereocenters. The maximum absolute atomic E-state index is 11.5. The molecule has 102 valence electrons. The monoisotopic (exact) mass is 289 g/mol. The van der Waals surface area contributed by atoms with Gasteiger partial charge in [-0.3, -0.25) is 0 Å². The smallest absolute Gasteiger partial charge is 0.185 e. The van der Waals surface area contributed by atoms with Gasteiger partial charge in [0.1, 0.15) is 0 Å². The van der Waals surface area contributed by atoms with Gasteiger partial charge in [-0.15, -0.1) is 11.3 Å². The topological polar surface area (TPSA) is 62.3 Å². The van der Waals surface area contributed by atoms with E-state index in [2.05, 4.69) is 22.1 Å². The van der Waals surface area contributed by atoms with Gasteiger partial charge in [0, 0.05) is 29.7 Å². The minimum absolute atomic E-state index is 0.00708. The Morgan fingerprint density at radius 3 is 2.94 bits per heavy atom. The maximum atomic E-state index is 11.5. The van der Waals surface area contributed by atoms with E-state index in [1.165, 1.54) is 4.88 Å². The van der Waals surface area contributed by atoms with Gasteiger partial charge in [0.05, 0.1) is 11.5 Å². The Kier molecular flexibility index (Phi) is 3.93.